The average Bonchev–Trinajstić information content (AvgIpc) is 2.86. The van der Waals surface area contributed by atoms with Crippen LogP contribution in [0.3, 0.4) is 0 Å². The van der Waals surface area contributed by atoms with E-state index in [1.807, 2.05) is 6.92 Å². The van der Waals surface area contributed by atoms with Crippen LogP contribution in [0.25, 0.3) is 11.0 Å². The molecule has 1 aromatic carbocycles. The SMILES string of the molecule is Cc1nc2cc(C3(N)CCCC3)ccc2n1C. The molecular formula is C14H19N3. The maximum atomic E-state index is 6.48. The lowest BCUT2D eigenvalue weighted by Gasteiger charge is -2.24. The van der Waals surface area contributed by atoms with Gasteiger partial charge >= 0.3 is 0 Å². The Labute approximate surface area is 102 Å². The van der Waals surface area contributed by atoms with Crippen molar-refractivity contribution in [1.29, 1.82) is 0 Å². The van der Waals surface area contributed by atoms with Gasteiger partial charge in [0.25, 0.3) is 0 Å². The van der Waals surface area contributed by atoms with Gasteiger partial charge in [0.15, 0.2) is 0 Å². The van der Waals surface area contributed by atoms with E-state index >= 15 is 0 Å². The summed E-state index contributed by atoms with van der Waals surface area (Å²) in [6.45, 7) is 2.04. The molecule has 1 aliphatic carbocycles. The standard InChI is InChI=1S/C14H19N3/c1-10-16-12-9-11(5-6-13(12)17(10)2)14(15)7-3-4-8-14/h5-6,9H,3-4,7-8,15H2,1-2H3. The highest BCUT2D eigenvalue weighted by Crippen LogP contribution is 2.37. The van der Waals surface area contributed by atoms with Gasteiger partial charge in [0.1, 0.15) is 5.82 Å². The normalized spacial score (nSPS) is 19.0. The monoisotopic (exact) mass is 229 g/mol. The third-order valence-electron chi connectivity index (χ3n) is 4.18. The van der Waals surface area contributed by atoms with Crippen LogP contribution < -0.4 is 5.73 Å². The van der Waals surface area contributed by atoms with Crippen molar-refractivity contribution in [2.75, 3.05) is 0 Å². The first-order valence-electron chi connectivity index (χ1n) is 6.33. The Balaban J connectivity index is 2.13. The van der Waals surface area contributed by atoms with Gasteiger partial charge in [-0.25, -0.2) is 4.98 Å². The molecule has 17 heavy (non-hydrogen) atoms. The van der Waals surface area contributed by atoms with Crippen LogP contribution in [0.15, 0.2) is 18.2 Å². The number of aryl methyl sites for hydroxylation is 2. The molecule has 2 aromatic rings. The molecule has 1 heterocycles. The fourth-order valence-corrected chi connectivity index (χ4v) is 2.92. The number of rotatable bonds is 1. The number of aromatic nitrogens is 2. The van der Waals surface area contributed by atoms with Gasteiger partial charge in [-0.2, -0.15) is 0 Å². The van der Waals surface area contributed by atoms with E-state index in [9.17, 15) is 0 Å². The summed E-state index contributed by atoms with van der Waals surface area (Å²) in [5, 5.41) is 0. The van der Waals surface area contributed by atoms with E-state index in [4.69, 9.17) is 5.73 Å². The highest BCUT2D eigenvalue weighted by atomic mass is 15.0. The molecule has 3 rings (SSSR count). The fourth-order valence-electron chi connectivity index (χ4n) is 2.92. The van der Waals surface area contributed by atoms with Crippen molar-refractivity contribution < 1.29 is 0 Å². The minimum Gasteiger partial charge on any atom is -0.331 e. The van der Waals surface area contributed by atoms with Crippen LogP contribution in [-0.2, 0) is 12.6 Å². The van der Waals surface area contributed by atoms with Crippen molar-refractivity contribution in [3.63, 3.8) is 0 Å². The summed E-state index contributed by atoms with van der Waals surface area (Å²) in [5.74, 6) is 1.05. The van der Waals surface area contributed by atoms with Crippen LogP contribution in [0, 0.1) is 6.92 Å². The molecule has 2 N–H and O–H groups in total. The molecule has 0 spiro atoms. The van der Waals surface area contributed by atoms with Crippen molar-refractivity contribution in [3.05, 3.63) is 29.6 Å². The van der Waals surface area contributed by atoms with Crippen molar-refractivity contribution >= 4 is 11.0 Å². The Morgan fingerprint density at radius 2 is 2.00 bits per heavy atom. The molecule has 3 heteroatoms. The first-order chi connectivity index (χ1) is 8.10. The number of hydrogen-bond acceptors (Lipinski definition) is 2. The lowest BCUT2D eigenvalue weighted by molar-refractivity contribution is 0.462. The number of nitrogens with zero attached hydrogens (tertiary/aromatic N) is 2. The van der Waals surface area contributed by atoms with E-state index in [0.717, 1.165) is 24.2 Å². The quantitative estimate of drug-likeness (QED) is 0.817. The number of hydrogen-bond donors (Lipinski definition) is 1. The third kappa shape index (κ3) is 1.57. The van der Waals surface area contributed by atoms with Gasteiger partial charge in [0.05, 0.1) is 11.0 Å². The lowest BCUT2D eigenvalue weighted by Crippen LogP contribution is -2.32. The second-order valence-corrected chi connectivity index (χ2v) is 5.28. The fraction of sp³-hybridized carbons (Fsp3) is 0.500. The first kappa shape index (κ1) is 10.8. The smallest absolute Gasteiger partial charge is 0.106 e. The summed E-state index contributed by atoms with van der Waals surface area (Å²) in [4.78, 5) is 4.58. The van der Waals surface area contributed by atoms with E-state index in [0.29, 0.717) is 0 Å². The topological polar surface area (TPSA) is 43.8 Å². The Hall–Kier alpha value is -1.35. The second kappa shape index (κ2) is 3.57. The minimum absolute atomic E-state index is 0.111. The van der Waals surface area contributed by atoms with Crippen LogP contribution in [0.4, 0.5) is 0 Å². The first-order valence-corrected chi connectivity index (χ1v) is 6.33. The van der Waals surface area contributed by atoms with E-state index in [1.165, 1.54) is 23.9 Å². The number of fused-ring (bicyclic) bond motifs is 1. The van der Waals surface area contributed by atoms with Gasteiger partial charge in [-0.3, -0.25) is 0 Å². The van der Waals surface area contributed by atoms with Gasteiger partial charge in [-0.15, -0.1) is 0 Å². The van der Waals surface area contributed by atoms with Gasteiger partial charge < -0.3 is 10.3 Å². The lowest BCUT2D eigenvalue weighted by atomic mass is 9.89. The van der Waals surface area contributed by atoms with Crippen LogP contribution in [0.1, 0.15) is 37.1 Å². The molecule has 1 aromatic heterocycles. The molecule has 0 unspecified atom stereocenters. The van der Waals surface area contributed by atoms with Crippen LogP contribution in [-0.4, -0.2) is 9.55 Å². The second-order valence-electron chi connectivity index (χ2n) is 5.28. The van der Waals surface area contributed by atoms with Crippen molar-refractivity contribution in [1.82, 2.24) is 9.55 Å². The molecule has 1 aliphatic rings. The predicted molar refractivity (Wildman–Crippen MR) is 69.8 cm³/mol. The Bertz CT molecular complexity index is 562. The zero-order chi connectivity index (χ0) is 12.0. The summed E-state index contributed by atoms with van der Waals surface area (Å²) in [6, 6.07) is 6.50. The summed E-state index contributed by atoms with van der Waals surface area (Å²) < 4.78 is 2.12. The maximum absolute atomic E-state index is 6.48. The number of imidazole rings is 1. The maximum Gasteiger partial charge on any atom is 0.106 e. The molecule has 1 fully saturated rings. The number of benzene rings is 1. The zero-order valence-corrected chi connectivity index (χ0v) is 10.5. The van der Waals surface area contributed by atoms with E-state index in [1.54, 1.807) is 0 Å². The van der Waals surface area contributed by atoms with E-state index in [-0.39, 0.29) is 5.54 Å². The molecule has 3 nitrogen and oxygen atoms in total. The largest absolute Gasteiger partial charge is 0.331 e. The van der Waals surface area contributed by atoms with E-state index < -0.39 is 0 Å². The molecule has 90 valence electrons. The Morgan fingerprint density at radius 1 is 1.29 bits per heavy atom. The zero-order valence-electron chi connectivity index (χ0n) is 10.5. The molecule has 0 radical (unpaired) electrons. The van der Waals surface area contributed by atoms with Crippen molar-refractivity contribution in [2.45, 2.75) is 38.1 Å². The molecule has 0 atom stereocenters. The minimum atomic E-state index is -0.111. The highest BCUT2D eigenvalue weighted by Gasteiger charge is 2.31. The third-order valence-corrected chi connectivity index (χ3v) is 4.18. The Morgan fingerprint density at radius 3 is 2.71 bits per heavy atom. The average molecular weight is 229 g/mol. The van der Waals surface area contributed by atoms with Crippen LogP contribution >= 0.6 is 0 Å². The van der Waals surface area contributed by atoms with Gasteiger partial charge in [0, 0.05) is 12.6 Å². The van der Waals surface area contributed by atoms with Gasteiger partial charge in [-0.1, -0.05) is 18.9 Å². The summed E-state index contributed by atoms with van der Waals surface area (Å²) in [7, 11) is 2.05. The highest BCUT2D eigenvalue weighted by molar-refractivity contribution is 5.77. The molecule has 0 amide bonds. The molecule has 1 saturated carbocycles. The van der Waals surface area contributed by atoms with E-state index in [2.05, 4.69) is 34.8 Å². The molecule has 0 bridgehead atoms. The molecule has 0 saturated heterocycles. The van der Waals surface area contributed by atoms with Gasteiger partial charge in [0.2, 0.25) is 0 Å². The molecule has 0 aliphatic heterocycles. The number of nitrogens with two attached hydrogens (primary N) is 1. The summed E-state index contributed by atoms with van der Waals surface area (Å²) in [5.41, 5.74) is 9.88. The summed E-state index contributed by atoms with van der Waals surface area (Å²) >= 11 is 0. The van der Waals surface area contributed by atoms with Crippen molar-refractivity contribution in [2.24, 2.45) is 12.8 Å². The summed E-state index contributed by atoms with van der Waals surface area (Å²) in [6.07, 6.45) is 4.69. The predicted octanol–water partition coefficient (Wildman–Crippen LogP) is 2.61. The van der Waals surface area contributed by atoms with Crippen LogP contribution in [0.2, 0.25) is 0 Å². The van der Waals surface area contributed by atoms with Crippen molar-refractivity contribution in [3.8, 4) is 0 Å². The van der Waals surface area contributed by atoms with Gasteiger partial charge in [-0.05, 0) is 37.5 Å². The molecular weight excluding hydrogens is 210 g/mol. The van der Waals surface area contributed by atoms with Crippen LogP contribution in [0.5, 0.6) is 0 Å². The Kier molecular flexibility index (Phi) is 2.26.